The number of ether oxygens (including phenoxy) is 3. The Labute approximate surface area is 320 Å². The molecule has 4 rings (SSSR count). The maximum absolute atomic E-state index is 13.2. The second-order valence-corrected chi connectivity index (χ2v) is 15.1. The van der Waals surface area contributed by atoms with Gasteiger partial charge in [-0.3, -0.25) is 10.1 Å². The number of hydrogen-bond acceptors (Lipinski definition) is 10. The van der Waals surface area contributed by atoms with Gasteiger partial charge in [-0.25, -0.2) is 24.2 Å². The van der Waals surface area contributed by atoms with Gasteiger partial charge in [0.05, 0.1) is 18.7 Å². The van der Waals surface area contributed by atoms with Crippen LogP contribution in [0, 0.1) is 6.92 Å². The zero-order chi connectivity index (χ0) is 40.7. The van der Waals surface area contributed by atoms with Crippen molar-refractivity contribution in [2.45, 2.75) is 79.1 Å². The molecule has 0 saturated carbocycles. The number of likely N-dealkylation sites (N-methyl/N-ethyl adjacent to an activating group) is 1. The molecule has 1 atom stereocenters. The third-order valence-corrected chi connectivity index (χ3v) is 8.15. The summed E-state index contributed by atoms with van der Waals surface area (Å²) in [5, 5.41) is 16.6. The van der Waals surface area contributed by atoms with E-state index < -0.39 is 35.5 Å². The minimum absolute atomic E-state index is 0.0133. The average Bonchev–Trinajstić information content (AvgIpc) is 3.08. The molecule has 4 aromatic rings. The molecule has 1 unspecified atom stereocenters. The van der Waals surface area contributed by atoms with Gasteiger partial charge in [0.2, 0.25) is 5.91 Å². The van der Waals surface area contributed by atoms with Gasteiger partial charge in [0.25, 0.3) is 0 Å². The summed E-state index contributed by atoms with van der Waals surface area (Å²) in [4.78, 5) is 70.9. The number of aromatic carboxylic acids is 1. The summed E-state index contributed by atoms with van der Waals surface area (Å²) < 4.78 is 16.5. The summed E-state index contributed by atoms with van der Waals surface area (Å²) >= 11 is 0. The third kappa shape index (κ3) is 11.7. The van der Waals surface area contributed by atoms with Crippen LogP contribution in [-0.2, 0) is 25.5 Å². The summed E-state index contributed by atoms with van der Waals surface area (Å²) in [6.45, 7) is 14.0. The maximum Gasteiger partial charge on any atom is 0.425 e. The van der Waals surface area contributed by atoms with Crippen LogP contribution in [0.2, 0.25) is 0 Å². The number of rotatable bonds is 11. The van der Waals surface area contributed by atoms with E-state index in [9.17, 15) is 29.1 Å². The molecule has 292 valence electrons. The maximum atomic E-state index is 13.2. The van der Waals surface area contributed by atoms with E-state index in [1.807, 2.05) is 38.1 Å². The number of aryl methyl sites for hydroxylation is 1. The highest BCUT2D eigenvalue weighted by atomic mass is 16.6. The normalized spacial score (nSPS) is 11.9. The molecule has 1 aromatic heterocycles. The van der Waals surface area contributed by atoms with E-state index >= 15 is 0 Å². The zero-order valence-corrected chi connectivity index (χ0v) is 32.7. The molecule has 0 aliphatic carbocycles. The van der Waals surface area contributed by atoms with E-state index in [-0.39, 0.29) is 42.9 Å². The monoisotopic (exact) mass is 755 g/mol. The quantitative estimate of drug-likeness (QED) is 0.125. The van der Waals surface area contributed by atoms with Crippen LogP contribution in [-0.4, -0.2) is 76.5 Å². The summed E-state index contributed by atoms with van der Waals surface area (Å²) in [7, 11) is 1.54. The molecular formula is C41H49N5O9. The van der Waals surface area contributed by atoms with Crippen molar-refractivity contribution in [3.63, 3.8) is 0 Å². The fraction of sp³-hybridized carbons (Fsp3) is 0.366. The molecule has 14 heteroatoms. The van der Waals surface area contributed by atoms with Gasteiger partial charge in [-0.2, -0.15) is 4.90 Å². The number of carboxylic acid groups (broad SMARTS) is 1. The minimum atomic E-state index is -1.18. The first-order valence-electron chi connectivity index (χ1n) is 17.7. The van der Waals surface area contributed by atoms with E-state index in [1.165, 1.54) is 36.3 Å². The number of pyridine rings is 1. The zero-order valence-electron chi connectivity index (χ0n) is 32.7. The van der Waals surface area contributed by atoms with Gasteiger partial charge in [0, 0.05) is 42.5 Å². The smallest absolute Gasteiger partial charge is 0.425 e. The molecule has 0 aliphatic heterocycles. The summed E-state index contributed by atoms with van der Waals surface area (Å²) in [6.07, 6.45) is -1.15. The van der Waals surface area contributed by atoms with Crippen molar-refractivity contribution in [3.05, 3.63) is 95.2 Å². The van der Waals surface area contributed by atoms with Gasteiger partial charge < -0.3 is 29.5 Å². The van der Waals surface area contributed by atoms with Crippen LogP contribution < -0.4 is 15.5 Å². The van der Waals surface area contributed by atoms with Crippen LogP contribution >= 0.6 is 0 Å². The Kier molecular flexibility index (Phi) is 13.1. The molecule has 0 saturated heterocycles. The number of aromatic nitrogens is 1. The highest BCUT2D eigenvalue weighted by Crippen LogP contribution is 2.30. The lowest BCUT2D eigenvalue weighted by atomic mass is 9.97. The first-order chi connectivity index (χ1) is 25.7. The molecule has 0 bridgehead atoms. The average molecular weight is 756 g/mol. The lowest BCUT2D eigenvalue weighted by Gasteiger charge is -2.28. The van der Waals surface area contributed by atoms with Crippen LogP contribution in [0.5, 0.6) is 0 Å². The van der Waals surface area contributed by atoms with Crippen LogP contribution in [0.3, 0.4) is 0 Å². The Hall–Kier alpha value is -6.18. The molecule has 0 fully saturated rings. The largest absolute Gasteiger partial charge is 0.478 e. The van der Waals surface area contributed by atoms with Gasteiger partial charge in [0.1, 0.15) is 11.2 Å². The highest BCUT2D eigenvalue weighted by molar-refractivity contribution is 6.14. The van der Waals surface area contributed by atoms with Crippen LogP contribution in [0.1, 0.15) is 81.4 Å². The van der Waals surface area contributed by atoms with Gasteiger partial charge >= 0.3 is 24.2 Å². The van der Waals surface area contributed by atoms with E-state index in [1.54, 1.807) is 65.8 Å². The summed E-state index contributed by atoms with van der Waals surface area (Å²) in [5.74, 6) is -1.56. The topological polar surface area (TPSA) is 177 Å². The predicted octanol–water partition coefficient (Wildman–Crippen LogP) is 8.34. The van der Waals surface area contributed by atoms with Crippen molar-refractivity contribution in [2.24, 2.45) is 0 Å². The van der Waals surface area contributed by atoms with E-state index in [2.05, 4.69) is 15.6 Å². The molecule has 3 N–H and O–H groups in total. The lowest BCUT2D eigenvalue weighted by Crippen LogP contribution is -2.44. The molecule has 55 heavy (non-hydrogen) atoms. The number of benzene rings is 3. The Balaban J connectivity index is 1.44. The lowest BCUT2D eigenvalue weighted by molar-refractivity contribution is -0.128. The number of nitrogens with one attached hydrogen (secondary N) is 2. The molecule has 14 nitrogen and oxygen atoms in total. The molecule has 0 spiro atoms. The number of hydrogen-bond donors (Lipinski definition) is 3. The summed E-state index contributed by atoms with van der Waals surface area (Å²) in [5.41, 5.74) is 1.51. The number of amides is 4. The van der Waals surface area contributed by atoms with Crippen molar-refractivity contribution in [1.82, 2.24) is 9.88 Å². The van der Waals surface area contributed by atoms with Gasteiger partial charge in [-0.1, -0.05) is 31.2 Å². The Morgan fingerprint density at radius 3 is 2.11 bits per heavy atom. The molecule has 0 aliphatic rings. The van der Waals surface area contributed by atoms with Gasteiger partial charge in [-0.15, -0.1) is 0 Å². The predicted molar refractivity (Wildman–Crippen MR) is 210 cm³/mol. The number of imide groups is 1. The fourth-order valence-electron chi connectivity index (χ4n) is 5.56. The minimum Gasteiger partial charge on any atom is -0.478 e. The molecule has 4 amide bonds. The standard InChI is InChI=1S/C41H49N5O9/c1-25-12-10-11-13-31(25)26(2)24-53-37(50)44-30-15-17-33(36(48)49)28(21-30)23-45(9)34(47)22-43-29-14-16-32-27(20-29)18-19-42-35(32)46(38(51)54-40(3,4)5)39(52)55-41(6,7)8/h10-21,26,43H,22-24H2,1-9H3,(H,44,50)(H,48,49). The molecule has 1 heterocycles. The SMILES string of the molecule is Cc1ccccc1C(C)COC(=O)Nc1ccc(C(=O)O)c(CN(C)C(=O)CNc2ccc3c(N(C(=O)OC(C)(C)C)C(=O)OC(C)(C)C)nccc3c2)c1. The van der Waals surface area contributed by atoms with Crippen LogP contribution in [0.15, 0.2) is 72.9 Å². The van der Waals surface area contributed by atoms with E-state index in [0.717, 1.165) is 16.0 Å². The molecular weight excluding hydrogens is 706 g/mol. The number of carbonyl (C=O) groups is 5. The van der Waals surface area contributed by atoms with Crippen molar-refractivity contribution < 1.29 is 43.3 Å². The Morgan fingerprint density at radius 2 is 1.49 bits per heavy atom. The highest BCUT2D eigenvalue weighted by Gasteiger charge is 2.34. The Bertz CT molecular complexity index is 2040. The fourth-order valence-corrected chi connectivity index (χ4v) is 5.56. The molecule has 3 aromatic carbocycles. The van der Waals surface area contributed by atoms with Crippen molar-refractivity contribution in [3.8, 4) is 0 Å². The Morgan fingerprint density at radius 1 is 0.855 bits per heavy atom. The van der Waals surface area contributed by atoms with Crippen molar-refractivity contribution >= 4 is 58.1 Å². The van der Waals surface area contributed by atoms with Crippen molar-refractivity contribution in [1.29, 1.82) is 0 Å². The first kappa shape index (κ1) is 41.6. The molecule has 0 radical (unpaired) electrons. The second-order valence-electron chi connectivity index (χ2n) is 15.1. The van der Waals surface area contributed by atoms with Crippen LogP contribution in [0.25, 0.3) is 10.8 Å². The third-order valence-electron chi connectivity index (χ3n) is 8.15. The number of carboxylic acids is 1. The summed E-state index contributed by atoms with van der Waals surface area (Å²) in [6, 6.07) is 18.9. The number of carbonyl (C=O) groups excluding carboxylic acids is 4. The van der Waals surface area contributed by atoms with E-state index in [0.29, 0.717) is 27.7 Å². The van der Waals surface area contributed by atoms with Crippen LogP contribution in [0.4, 0.5) is 31.6 Å². The number of fused-ring (bicyclic) bond motifs is 1. The van der Waals surface area contributed by atoms with Gasteiger partial charge in [0.15, 0.2) is 5.82 Å². The van der Waals surface area contributed by atoms with Gasteiger partial charge in [-0.05, 0) is 113 Å². The second kappa shape index (κ2) is 17.3. The first-order valence-corrected chi connectivity index (χ1v) is 17.7. The number of nitrogens with zero attached hydrogens (tertiary/aromatic N) is 3. The van der Waals surface area contributed by atoms with Crippen molar-refractivity contribution in [2.75, 3.05) is 35.7 Å². The van der Waals surface area contributed by atoms with E-state index in [4.69, 9.17) is 14.2 Å². The number of anilines is 3.